The molecule has 0 radical (unpaired) electrons. The molecule has 2 amide bonds. The van der Waals surface area contributed by atoms with E-state index in [1.807, 2.05) is 0 Å². The van der Waals surface area contributed by atoms with Crippen LogP contribution in [0.2, 0.25) is 0 Å². The smallest absolute Gasteiger partial charge is 0.240 e. The second-order valence-corrected chi connectivity index (χ2v) is 3.41. The fourth-order valence-electron chi connectivity index (χ4n) is 1.60. The third kappa shape index (κ3) is 0.818. The molecule has 2 fully saturated rings. The fourth-order valence-corrected chi connectivity index (χ4v) is 1.60. The number of hydrogen-bond acceptors (Lipinski definition) is 2. The van der Waals surface area contributed by atoms with Crippen LogP contribution >= 0.6 is 0 Å². The first-order valence-electron chi connectivity index (χ1n) is 3.74. The minimum absolute atomic E-state index is 0.0151. The summed E-state index contributed by atoms with van der Waals surface area (Å²) in [5.74, 6) is -0.400. The Morgan fingerprint density at radius 2 is 2.27 bits per heavy atom. The van der Waals surface area contributed by atoms with Crippen molar-refractivity contribution < 1.29 is 9.59 Å². The number of hydrogen-bond donors (Lipinski definition) is 2. The predicted octanol–water partition coefficient (Wildman–Crippen LogP) is -0.860. The van der Waals surface area contributed by atoms with E-state index >= 15 is 0 Å². The van der Waals surface area contributed by atoms with Gasteiger partial charge in [-0.2, -0.15) is 0 Å². The first-order chi connectivity index (χ1) is 5.14. The molecule has 2 aliphatic rings. The highest BCUT2D eigenvalue weighted by atomic mass is 16.2. The average Bonchev–Trinajstić information content (AvgIpc) is 2.59. The molecule has 0 aromatic heterocycles. The van der Waals surface area contributed by atoms with E-state index in [1.54, 1.807) is 0 Å². The zero-order valence-corrected chi connectivity index (χ0v) is 6.09. The largest absolute Gasteiger partial charge is 0.368 e. The summed E-state index contributed by atoms with van der Waals surface area (Å²) in [6.07, 6.45) is 2.45. The van der Waals surface area contributed by atoms with Gasteiger partial charge in [0.1, 0.15) is 6.04 Å². The first-order valence-corrected chi connectivity index (χ1v) is 3.74. The van der Waals surface area contributed by atoms with Crippen LogP contribution in [0.1, 0.15) is 19.3 Å². The van der Waals surface area contributed by atoms with Gasteiger partial charge < -0.3 is 11.1 Å². The standard InChI is InChI=1S/C7H10N2O2/c8-5(10)4-3-7(1-2-7)6(11)9-4/h4H,1-3H2,(H2,8,10)(H,9,11). The van der Waals surface area contributed by atoms with Crippen LogP contribution in [0.25, 0.3) is 0 Å². The maximum atomic E-state index is 11.2. The summed E-state index contributed by atoms with van der Waals surface area (Å²) in [5, 5.41) is 2.59. The minimum Gasteiger partial charge on any atom is -0.368 e. The molecule has 1 heterocycles. The Morgan fingerprint density at radius 1 is 1.64 bits per heavy atom. The quantitative estimate of drug-likeness (QED) is 0.516. The Balaban J connectivity index is 2.13. The normalized spacial score (nSPS) is 32.0. The SMILES string of the molecule is NC(=O)C1CC2(CC2)C(=O)N1. The summed E-state index contributed by atoms with van der Waals surface area (Å²) in [7, 11) is 0. The van der Waals surface area contributed by atoms with Crippen molar-refractivity contribution in [1.82, 2.24) is 5.32 Å². The van der Waals surface area contributed by atoms with Crippen molar-refractivity contribution in [2.24, 2.45) is 11.1 Å². The Kier molecular flexibility index (Phi) is 1.06. The van der Waals surface area contributed by atoms with E-state index in [1.165, 1.54) is 0 Å². The molecule has 2 rings (SSSR count). The van der Waals surface area contributed by atoms with Gasteiger partial charge in [0.25, 0.3) is 0 Å². The Morgan fingerprint density at radius 3 is 2.55 bits per heavy atom. The zero-order valence-electron chi connectivity index (χ0n) is 6.09. The van der Waals surface area contributed by atoms with Crippen LogP contribution in [0.4, 0.5) is 0 Å². The molecule has 0 aromatic rings. The van der Waals surface area contributed by atoms with Crippen LogP contribution in [0.15, 0.2) is 0 Å². The number of nitrogens with one attached hydrogen (secondary N) is 1. The Labute approximate surface area is 64.1 Å². The molecule has 1 aliphatic heterocycles. The van der Waals surface area contributed by atoms with Crippen LogP contribution in [0.3, 0.4) is 0 Å². The van der Waals surface area contributed by atoms with Gasteiger partial charge in [0.15, 0.2) is 0 Å². The van der Waals surface area contributed by atoms with Gasteiger partial charge in [0, 0.05) is 0 Å². The molecular weight excluding hydrogens is 144 g/mol. The molecule has 0 aromatic carbocycles. The zero-order chi connectivity index (χ0) is 8.06. The lowest BCUT2D eigenvalue weighted by atomic mass is 10.0. The Hall–Kier alpha value is -1.06. The summed E-state index contributed by atoms with van der Waals surface area (Å²) >= 11 is 0. The van der Waals surface area contributed by atoms with E-state index in [0.29, 0.717) is 6.42 Å². The summed E-state index contributed by atoms with van der Waals surface area (Å²) in [5.41, 5.74) is 4.86. The second kappa shape index (κ2) is 1.75. The van der Waals surface area contributed by atoms with Crippen LogP contribution in [0, 0.1) is 5.41 Å². The molecule has 60 valence electrons. The summed E-state index contributed by atoms with van der Waals surface area (Å²) in [6, 6.07) is -0.412. The summed E-state index contributed by atoms with van der Waals surface area (Å²) < 4.78 is 0. The van der Waals surface area contributed by atoms with E-state index in [0.717, 1.165) is 12.8 Å². The van der Waals surface area contributed by atoms with Crippen LogP contribution in [-0.2, 0) is 9.59 Å². The van der Waals surface area contributed by atoms with Gasteiger partial charge in [-0.05, 0) is 19.3 Å². The molecule has 1 saturated carbocycles. The monoisotopic (exact) mass is 154 g/mol. The third-order valence-corrected chi connectivity index (χ3v) is 2.58. The van der Waals surface area contributed by atoms with Gasteiger partial charge in [-0.3, -0.25) is 9.59 Å². The maximum Gasteiger partial charge on any atom is 0.240 e. The van der Waals surface area contributed by atoms with Crippen LogP contribution in [0.5, 0.6) is 0 Å². The lowest BCUT2D eigenvalue weighted by Gasteiger charge is -2.01. The highest BCUT2D eigenvalue weighted by Gasteiger charge is 2.56. The lowest BCUT2D eigenvalue weighted by molar-refractivity contribution is -0.125. The number of carbonyl (C=O) groups excluding carboxylic acids is 2. The van der Waals surface area contributed by atoms with Crippen LogP contribution in [-0.4, -0.2) is 17.9 Å². The number of nitrogens with two attached hydrogens (primary N) is 1. The average molecular weight is 154 g/mol. The van der Waals surface area contributed by atoms with Crippen molar-refractivity contribution in [1.29, 1.82) is 0 Å². The van der Waals surface area contributed by atoms with Gasteiger partial charge in [-0.1, -0.05) is 0 Å². The molecule has 0 bridgehead atoms. The van der Waals surface area contributed by atoms with Crippen LogP contribution < -0.4 is 11.1 Å². The molecule has 4 heteroatoms. The molecule has 1 aliphatic carbocycles. The molecule has 4 nitrogen and oxygen atoms in total. The minimum atomic E-state index is -0.415. The highest BCUT2D eigenvalue weighted by molar-refractivity contribution is 5.95. The molecule has 1 spiro atoms. The second-order valence-electron chi connectivity index (χ2n) is 3.41. The predicted molar refractivity (Wildman–Crippen MR) is 37.4 cm³/mol. The highest BCUT2D eigenvalue weighted by Crippen LogP contribution is 2.52. The van der Waals surface area contributed by atoms with E-state index in [-0.39, 0.29) is 11.3 Å². The van der Waals surface area contributed by atoms with Gasteiger partial charge in [-0.25, -0.2) is 0 Å². The number of carbonyl (C=O) groups is 2. The van der Waals surface area contributed by atoms with E-state index in [4.69, 9.17) is 5.73 Å². The third-order valence-electron chi connectivity index (χ3n) is 2.58. The van der Waals surface area contributed by atoms with Crippen molar-refractivity contribution in [3.05, 3.63) is 0 Å². The summed E-state index contributed by atoms with van der Waals surface area (Å²) in [4.78, 5) is 21.8. The van der Waals surface area contributed by atoms with Gasteiger partial charge in [0.2, 0.25) is 11.8 Å². The van der Waals surface area contributed by atoms with Gasteiger partial charge in [-0.15, -0.1) is 0 Å². The number of rotatable bonds is 1. The molecule has 1 saturated heterocycles. The number of amides is 2. The van der Waals surface area contributed by atoms with Crippen molar-refractivity contribution >= 4 is 11.8 Å². The topological polar surface area (TPSA) is 72.2 Å². The summed E-state index contributed by atoms with van der Waals surface area (Å²) in [6.45, 7) is 0. The van der Waals surface area contributed by atoms with Crippen molar-refractivity contribution in [3.63, 3.8) is 0 Å². The first kappa shape index (κ1) is 6.64. The lowest BCUT2D eigenvalue weighted by Crippen LogP contribution is -2.37. The Bertz CT molecular complexity index is 233. The fraction of sp³-hybridized carbons (Fsp3) is 0.714. The van der Waals surface area contributed by atoms with Gasteiger partial charge in [0.05, 0.1) is 5.41 Å². The molecule has 11 heavy (non-hydrogen) atoms. The molecule has 3 N–H and O–H groups in total. The number of primary amides is 1. The van der Waals surface area contributed by atoms with Crippen molar-refractivity contribution in [2.75, 3.05) is 0 Å². The molecule has 1 unspecified atom stereocenters. The van der Waals surface area contributed by atoms with E-state index < -0.39 is 11.9 Å². The molecule has 1 atom stereocenters. The van der Waals surface area contributed by atoms with Gasteiger partial charge >= 0.3 is 0 Å². The van der Waals surface area contributed by atoms with Crippen molar-refractivity contribution in [2.45, 2.75) is 25.3 Å². The van der Waals surface area contributed by atoms with E-state index in [2.05, 4.69) is 5.32 Å². The van der Waals surface area contributed by atoms with Crippen molar-refractivity contribution in [3.8, 4) is 0 Å². The molecular formula is C7H10N2O2. The maximum absolute atomic E-state index is 11.2. The van der Waals surface area contributed by atoms with E-state index in [9.17, 15) is 9.59 Å².